The molecule has 0 amide bonds. The Morgan fingerprint density at radius 1 is 1.20 bits per heavy atom. The smallest absolute Gasteiger partial charge is 0.0609 e. The standard InChI is InChI=1S/C21H32N2O2/c1-2-17(12-16-6-4-3-5-7-16)20-13-21(20)22-18-8-10-23(11-9-18)19(14-24)15-25/h3-7,12,18-22,24-25H,2,8-11,13-15H2,1H3/b17-12+/t20-,21+/m1/s1. The maximum absolute atomic E-state index is 9.32. The number of aliphatic hydroxyl groups excluding tert-OH is 2. The number of aliphatic hydroxyl groups is 2. The van der Waals surface area contributed by atoms with E-state index in [-0.39, 0.29) is 19.3 Å². The van der Waals surface area contributed by atoms with E-state index in [1.807, 2.05) is 0 Å². The van der Waals surface area contributed by atoms with E-state index in [0.29, 0.717) is 18.0 Å². The predicted molar refractivity (Wildman–Crippen MR) is 102 cm³/mol. The van der Waals surface area contributed by atoms with Crippen molar-refractivity contribution < 1.29 is 10.2 Å². The monoisotopic (exact) mass is 344 g/mol. The maximum atomic E-state index is 9.32. The molecule has 0 bridgehead atoms. The van der Waals surface area contributed by atoms with E-state index in [1.54, 1.807) is 5.57 Å². The summed E-state index contributed by atoms with van der Waals surface area (Å²) in [7, 11) is 0. The van der Waals surface area contributed by atoms with E-state index in [1.165, 1.54) is 12.0 Å². The highest BCUT2D eigenvalue weighted by molar-refractivity contribution is 5.54. The van der Waals surface area contributed by atoms with Gasteiger partial charge < -0.3 is 15.5 Å². The van der Waals surface area contributed by atoms with Gasteiger partial charge in [0.1, 0.15) is 0 Å². The first kappa shape index (κ1) is 18.6. The molecule has 0 spiro atoms. The zero-order chi connectivity index (χ0) is 17.6. The first-order valence-electron chi connectivity index (χ1n) is 9.72. The highest BCUT2D eigenvalue weighted by Crippen LogP contribution is 2.40. The summed E-state index contributed by atoms with van der Waals surface area (Å²) >= 11 is 0. The van der Waals surface area contributed by atoms with Crippen molar-refractivity contribution in [1.82, 2.24) is 10.2 Å². The number of nitrogens with zero attached hydrogens (tertiary/aromatic N) is 1. The minimum Gasteiger partial charge on any atom is -0.395 e. The zero-order valence-electron chi connectivity index (χ0n) is 15.3. The van der Waals surface area contributed by atoms with Crippen LogP contribution >= 0.6 is 0 Å². The SMILES string of the molecule is CC/C(=C\c1ccccc1)[C@H]1C[C@@H]1NC1CCN(C(CO)CO)CC1. The van der Waals surface area contributed by atoms with Gasteiger partial charge in [-0.2, -0.15) is 0 Å². The van der Waals surface area contributed by atoms with Gasteiger partial charge in [0.25, 0.3) is 0 Å². The second-order valence-electron chi connectivity index (χ2n) is 7.43. The summed E-state index contributed by atoms with van der Waals surface area (Å²) in [6.45, 7) is 4.27. The molecule has 0 aromatic heterocycles. The molecular weight excluding hydrogens is 312 g/mol. The molecule has 0 radical (unpaired) electrons. The van der Waals surface area contributed by atoms with Crippen molar-refractivity contribution in [3.8, 4) is 0 Å². The summed E-state index contributed by atoms with van der Waals surface area (Å²) in [5, 5.41) is 22.5. The Balaban J connectivity index is 1.47. The quantitative estimate of drug-likeness (QED) is 0.677. The van der Waals surface area contributed by atoms with Gasteiger partial charge in [0.15, 0.2) is 0 Å². The number of nitrogens with one attached hydrogen (secondary N) is 1. The van der Waals surface area contributed by atoms with Crippen LogP contribution in [0.4, 0.5) is 0 Å². The maximum Gasteiger partial charge on any atom is 0.0609 e. The van der Waals surface area contributed by atoms with Gasteiger partial charge in [-0.3, -0.25) is 4.90 Å². The summed E-state index contributed by atoms with van der Waals surface area (Å²) in [6.07, 6.45) is 6.93. The third-order valence-electron chi connectivity index (χ3n) is 5.74. The van der Waals surface area contributed by atoms with Crippen molar-refractivity contribution in [2.45, 2.75) is 50.7 Å². The molecule has 3 rings (SSSR count). The number of likely N-dealkylation sites (tertiary alicyclic amines) is 1. The summed E-state index contributed by atoms with van der Waals surface area (Å²) in [5.74, 6) is 0.686. The van der Waals surface area contributed by atoms with Crippen LogP contribution in [-0.4, -0.2) is 59.5 Å². The molecule has 1 aliphatic heterocycles. The van der Waals surface area contributed by atoms with Crippen LogP contribution in [0.2, 0.25) is 0 Å². The van der Waals surface area contributed by atoms with Gasteiger partial charge in [0.2, 0.25) is 0 Å². The number of rotatable bonds is 8. The molecule has 25 heavy (non-hydrogen) atoms. The van der Waals surface area contributed by atoms with E-state index in [0.717, 1.165) is 32.4 Å². The van der Waals surface area contributed by atoms with E-state index < -0.39 is 0 Å². The average molecular weight is 344 g/mol. The lowest BCUT2D eigenvalue weighted by Gasteiger charge is -2.36. The topological polar surface area (TPSA) is 55.7 Å². The van der Waals surface area contributed by atoms with E-state index in [4.69, 9.17) is 0 Å². The molecule has 1 saturated heterocycles. The molecule has 1 aliphatic carbocycles. The van der Waals surface area contributed by atoms with Crippen LogP contribution in [0.3, 0.4) is 0 Å². The van der Waals surface area contributed by atoms with Crippen molar-refractivity contribution >= 4 is 6.08 Å². The third-order valence-corrected chi connectivity index (χ3v) is 5.74. The van der Waals surface area contributed by atoms with Gasteiger partial charge in [0.05, 0.1) is 19.3 Å². The van der Waals surface area contributed by atoms with E-state index >= 15 is 0 Å². The lowest BCUT2D eigenvalue weighted by atomic mass is 10.0. The Morgan fingerprint density at radius 3 is 2.48 bits per heavy atom. The van der Waals surface area contributed by atoms with Gasteiger partial charge in [-0.05, 0) is 37.2 Å². The molecule has 0 unspecified atom stereocenters. The molecule has 2 atom stereocenters. The number of piperidine rings is 1. The van der Waals surface area contributed by atoms with Crippen LogP contribution in [0, 0.1) is 5.92 Å². The van der Waals surface area contributed by atoms with Crippen molar-refractivity contribution in [3.05, 3.63) is 41.5 Å². The zero-order valence-corrected chi connectivity index (χ0v) is 15.3. The van der Waals surface area contributed by atoms with Crippen molar-refractivity contribution in [2.75, 3.05) is 26.3 Å². The van der Waals surface area contributed by atoms with Crippen LogP contribution in [-0.2, 0) is 0 Å². The van der Waals surface area contributed by atoms with Crippen molar-refractivity contribution in [2.24, 2.45) is 5.92 Å². The lowest BCUT2D eigenvalue weighted by Crippen LogP contribution is -2.49. The lowest BCUT2D eigenvalue weighted by molar-refractivity contribution is 0.0540. The molecule has 1 saturated carbocycles. The van der Waals surface area contributed by atoms with Gasteiger partial charge in [-0.25, -0.2) is 0 Å². The molecule has 138 valence electrons. The largest absolute Gasteiger partial charge is 0.395 e. The molecular formula is C21H32N2O2. The predicted octanol–water partition coefficient (Wildman–Crippen LogP) is 2.28. The minimum atomic E-state index is -0.0878. The van der Waals surface area contributed by atoms with Crippen LogP contribution in [0.15, 0.2) is 35.9 Å². The van der Waals surface area contributed by atoms with Gasteiger partial charge >= 0.3 is 0 Å². The summed E-state index contributed by atoms with van der Waals surface area (Å²) in [5.41, 5.74) is 2.86. The highest BCUT2D eigenvalue weighted by atomic mass is 16.3. The van der Waals surface area contributed by atoms with Gasteiger partial charge in [0, 0.05) is 25.2 Å². The summed E-state index contributed by atoms with van der Waals surface area (Å²) < 4.78 is 0. The Morgan fingerprint density at radius 2 is 1.88 bits per heavy atom. The van der Waals surface area contributed by atoms with Crippen LogP contribution in [0.1, 0.15) is 38.2 Å². The highest BCUT2D eigenvalue weighted by Gasteiger charge is 2.40. The van der Waals surface area contributed by atoms with E-state index in [9.17, 15) is 10.2 Å². The van der Waals surface area contributed by atoms with Crippen LogP contribution < -0.4 is 5.32 Å². The molecule has 1 heterocycles. The Bertz CT molecular complexity index is 548. The molecule has 2 aliphatic rings. The first-order valence-corrected chi connectivity index (χ1v) is 9.72. The number of hydrogen-bond acceptors (Lipinski definition) is 4. The second-order valence-corrected chi connectivity index (χ2v) is 7.43. The molecule has 2 fully saturated rings. The summed E-state index contributed by atoms with van der Waals surface area (Å²) in [6, 6.07) is 11.7. The minimum absolute atomic E-state index is 0.0451. The molecule has 3 N–H and O–H groups in total. The molecule has 4 heteroatoms. The van der Waals surface area contributed by atoms with E-state index in [2.05, 4.69) is 53.5 Å². The third kappa shape index (κ3) is 4.91. The van der Waals surface area contributed by atoms with Gasteiger partial charge in [-0.15, -0.1) is 0 Å². The fourth-order valence-electron chi connectivity index (χ4n) is 4.05. The molecule has 4 nitrogen and oxygen atoms in total. The van der Waals surface area contributed by atoms with Crippen LogP contribution in [0.5, 0.6) is 0 Å². The van der Waals surface area contributed by atoms with Crippen molar-refractivity contribution in [1.29, 1.82) is 0 Å². The first-order chi connectivity index (χ1) is 12.2. The van der Waals surface area contributed by atoms with Crippen molar-refractivity contribution in [3.63, 3.8) is 0 Å². The normalized spacial score (nSPS) is 25.5. The Labute approximate surface area is 151 Å². The molecule has 1 aromatic rings. The van der Waals surface area contributed by atoms with Gasteiger partial charge in [-0.1, -0.05) is 48.9 Å². The second kappa shape index (κ2) is 8.95. The number of benzene rings is 1. The fourth-order valence-corrected chi connectivity index (χ4v) is 4.05. The Hall–Kier alpha value is -1.20. The average Bonchev–Trinajstić information content (AvgIpc) is 3.42. The summed E-state index contributed by atoms with van der Waals surface area (Å²) in [4.78, 5) is 2.22. The van der Waals surface area contributed by atoms with Crippen LogP contribution in [0.25, 0.3) is 6.08 Å². The fraction of sp³-hybridized carbons (Fsp3) is 0.619. The Kier molecular flexibility index (Phi) is 6.65. The molecule has 1 aromatic carbocycles. The number of hydrogen-bond donors (Lipinski definition) is 3.